The second kappa shape index (κ2) is 9.55. The zero-order valence-electron chi connectivity index (χ0n) is 16.4. The van der Waals surface area contributed by atoms with Gasteiger partial charge in [0.05, 0.1) is 17.4 Å². The molecule has 2 N–H and O–H groups in total. The van der Waals surface area contributed by atoms with Crippen molar-refractivity contribution in [3.8, 4) is 6.07 Å². The van der Waals surface area contributed by atoms with Gasteiger partial charge in [0, 0.05) is 12.5 Å². The summed E-state index contributed by atoms with van der Waals surface area (Å²) in [5.41, 5.74) is 1.79. The quantitative estimate of drug-likeness (QED) is 0.631. The molecular formula is C22H23N3O4S. The van der Waals surface area contributed by atoms with Crippen molar-refractivity contribution in [2.45, 2.75) is 37.1 Å². The van der Waals surface area contributed by atoms with Gasteiger partial charge in [0.1, 0.15) is 11.8 Å². The maximum absolute atomic E-state index is 12.5. The monoisotopic (exact) mass is 425 g/mol. The molecule has 0 aromatic heterocycles. The molecule has 2 aromatic carbocycles. The topological polar surface area (TPSA) is 116 Å². The number of hydrogen-bond acceptors (Lipinski definition) is 5. The normalized spacial score (nSPS) is 14.4. The summed E-state index contributed by atoms with van der Waals surface area (Å²) in [5.74, 6) is -2.05. The van der Waals surface area contributed by atoms with E-state index in [1.165, 1.54) is 12.1 Å². The summed E-state index contributed by atoms with van der Waals surface area (Å²) in [6, 6.07) is 16.7. The molecule has 0 aliphatic heterocycles. The van der Waals surface area contributed by atoms with E-state index in [1.54, 1.807) is 12.1 Å². The molecule has 0 radical (unpaired) electrons. The molecule has 0 bridgehead atoms. The highest BCUT2D eigenvalue weighted by Crippen LogP contribution is 2.19. The SMILES string of the molecule is N#Cc1ccc(CS(=O)(=O)CC(=O)NC(Cc2ccccc2)C(=O)NC2CC2)cc1. The molecule has 8 heteroatoms. The molecule has 1 aliphatic carbocycles. The number of amides is 2. The van der Waals surface area contributed by atoms with Crippen LogP contribution in [0.25, 0.3) is 0 Å². The molecule has 1 atom stereocenters. The van der Waals surface area contributed by atoms with Crippen LogP contribution in [0.5, 0.6) is 0 Å². The minimum absolute atomic E-state index is 0.132. The summed E-state index contributed by atoms with van der Waals surface area (Å²) in [7, 11) is -3.73. The molecule has 7 nitrogen and oxygen atoms in total. The molecule has 2 aromatic rings. The fourth-order valence-electron chi connectivity index (χ4n) is 3.00. The highest BCUT2D eigenvalue weighted by atomic mass is 32.2. The third-order valence-corrected chi connectivity index (χ3v) is 6.15. The predicted molar refractivity (Wildman–Crippen MR) is 112 cm³/mol. The van der Waals surface area contributed by atoms with Gasteiger partial charge in [-0.3, -0.25) is 9.59 Å². The fraction of sp³-hybridized carbons (Fsp3) is 0.318. The molecule has 0 saturated heterocycles. The van der Waals surface area contributed by atoms with Crippen LogP contribution >= 0.6 is 0 Å². The minimum atomic E-state index is -3.73. The van der Waals surface area contributed by atoms with Crippen LogP contribution in [0, 0.1) is 11.3 Å². The Balaban J connectivity index is 1.63. The largest absolute Gasteiger partial charge is 0.352 e. The van der Waals surface area contributed by atoms with Crippen molar-refractivity contribution < 1.29 is 18.0 Å². The van der Waals surface area contributed by atoms with E-state index in [2.05, 4.69) is 10.6 Å². The van der Waals surface area contributed by atoms with Crippen LogP contribution in [0.4, 0.5) is 0 Å². The molecule has 0 heterocycles. The second-order valence-corrected chi connectivity index (χ2v) is 9.50. The number of sulfone groups is 1. The van der Waals surface area contributed by atoms with Crippen molar-refractivity contribution in [1.29, 1.82) is 5.26 Å². The van der Waals surface area contributed by atoms with E-state index in [0.717, 1.165) is 18.4 Å². The van der Waals surface area contributed by atoms with Gasteiger partial charge in [0.25, 0.3) is 0 Å². The van der Waals surface area contributed by atoms with Crippen molar-refractivity contribution in [1.82, 2.24) is 10.6 Å². The number of rotatable bonds is 9. The number of nitrogens with one attached hydrogen (secondary N) is 2. The van der Waals surface area contributed by atoms with Crippen LogP contribution in [0.15, 0.2) is 54.6 Å². The molecular weight excluding hydrogens is 402 g/mol. The van der Waals surface area contributed by atoms with Gasteiger partial charge in [-0.15, -0.1) is 0 Å². The molecule has 1 unspecified atom stereocenters. The number of benzene rings is 2. The van der Waals surface area contributed by atoms with E-state index in [1.807, 2.05) is 36.4 Å². The summed E-state index contributed by atoms with van der Waals surface area (Å²) >= 11 is 0. The lowest BCUT2D eigenvalue weighted by atomic mass is 10.1. The van der Waals surface area contributed by atoms with E-state index >= 15 is 0 Å². The first-order valence-electron chi connectivity index (χ1n) is 9.68. The molecule has 1 fully saturated rings. The Kier molecular flexibility index (Phi) is 6.85. The van der Waals surface area contributed by atoms with E-state index < -0.39 is 27.5 Å². The van der Waals surface area contributed by atoms with Crippen LogP contribution in [0.1, 0.15) is 29.5 Å². The first kappa shape index (κ1) is 21.5. The van der Waals surface area contributed by atoms with Crippen LogP contribution < -0.4 is 10.6 Å². The Morgan fingerprint density at radius 1 is 1.03 bits per heavy atom. The van der Waals surface area contributed by atoms with E-state index in [9.17, 15) is 18.0 Å². The summed E-state index contributed by atoms with van der Waals surface area (Å²) in [6.07, 6.45) is 2.11. The Morgan fingerprint density at radius 3 is 2.30 bits per heavy atom. The summed E-state index contributed by atoms with van der Waals surface area (Å²) < 4.78 is 24.9. The van der Waals surface area contributed by atoms with Crippen LogP contribution in [-0.2, 0) is 31.6 Å². The maximum Gasteiger partial charge on any atom is 0.243 e. The molecule has 1 saturated carbocycles. The fourth-order valence-corrected chi connectivity index (χ4v) is 4.29. The first-order valence-corrected chi connectivity index (χ1v) is 11.5. The van der Waals surface area contributed by atoms with Gasteiger partial charge < -0.3 is 10.6 Å². The zero-order chi connectivity index (χ0) is 21.6. The maximum atomic E-state index is 12.5. The Hall–Kier alpha value is -3.18. The molecule has 2 amide bonds. The summed E-state index contributed by atoms with van der Waals surface area (Å²) in [6.45, 7) is 0. The van der Waals surface area contributed by atoms with Crippen LogP contribution in [-0.4, -0.2) is 38.1 Å². The average molecular weight is 426 g/mol. The third kappa shape index (κ3) is 6.71. The number of carbonyl (C=O) groups is 2. The smallest absolute Gasteiger partial charge is 0.243 e. The lowest BCUT2D eigenvalue weighted by Gasteiger charge is -2.18. The van der Waals surface area contributed by atoms with Crippen molar-refractivity contribution in [3.63, 3.8) is 0 Å². The Bertz CT molecular complexity index is 1040. The lowest BCUT2D eigenvalue weighted by Crippen LogP contribution is -2.50. The second-order valence-electron chi connectivity index (χ2n) is 7.43. The minimum Gasteiger partial charge on any atom is -0.352 e. The van der Waals surface area contributed by atoms with Crippen molar-refractivity contribution in [2.24, 2.45) is 0 Å². The number of carbonyl (C=O) groups excluding carboxylic acids is 2. The first-order chi connectivity index (χ1) is 14.3. The van der Waals surface area contributed by atoms with Gasteiger partial charge in [-0.1, -0.05) is 42.5 Å². The van der Waals surface area contributed by atoms with Gasteiger partial charge in [-0.25, -0.2) is 8.42 Å². The van der Waals surface area contributed by atoms with E-state index in [-0.39, 0.29) is 24.1 Å². The molecule has 3 rings (SSSR count). The van der Waals surface area contributed by atoms with E-state index in [0.29, 0.717) is 11.1 Å². The molecule has 156 valence electrons. The Morgan fingerprint density at radius 2 is 1.70 bits per heavy atom. The number of nitriles is 1. The van der Waals surface area contributed by atoms with Crippen molar-refractivity contribution in [3.05, 3.63) is 71.3 Å². The Labute approximate surface area is 176 Å². The molecule has 30 heavy (non-hydrogen) atoms. The van der Waals surface area contributed by atoms with E-state index in [4.69, 9.17) is 5.26 Å². The van der Waals surface area contributed by atoms with Crippen molar-refractivity contribution >= 4 is 21.7 Å². The van der Waals surface area contributed by atoms with Gasteiger partial charge in [-0.05, 0) is 36.1 Å². The van der Waals surface area contributed by atoms with Gasteiger partial charge in [0.2, 0.25) is 11.8 Å². The zero-order valence-corrected chi connectivity index (χ0v) is 17.2. The van der Waals surface area contributed by atoms with Crippen LogP contribution in [0.3, 0.4) is 0 Å². The molecule has 0 spiro atoms. The number of hydrogen-bond donors (Lipinski definition) is 2. The highest BCUT2D eigenvalue weighted by molar-refractivity contribution is 7.91. The van der Waals surface area contributed by atoms with Crippen LogP contribution in [0.2, 0.25) is 0 Å². The van der Waals surface area contributed by atoms with Gasteiger partial charge >= 0.3 is 0 Å². The predicted octanol–water partition coefficient (Wildman–Crippen LogP) is 1.48. The summed E-state index contributed by atoms with van der Waals surface area (Å²) in [5, 5.41) is 14.3. The van der Waals surface area contributed by atoms with Crippen molar-refractivity contribution in [2.75, 3.05) is 5.75 Å². The third-order valence-electron chi connectivity index (χ3n) is 4.68. The van der Waals surface area contributed by atoms with Gasteiger partial charge in [-0.2, -0.15) is 5.26 Å². The van der Waals surface area contributed by atoms with Gasteiger partial charge in [0.15, 0.2) is 9.84 Å². The average Bonchev–Trinajstić information content (AvgIpc) is 3.52. The highest BCUT2D eigenvalue weighted by Gasteiger charge is 2.29. The number of nitrogens with zero attached hydrogens (tertiary/aromatic N) is 1. The summed E-state index contributed by atoms with van der Waals surface area (Å²) in [4.78, 5) is 25.0. The standard InChI is InChI=1S/C22H23N3O4S/c23-13-17-6-8-18(9-7-17)14-30(28,29)15-21(26)25-20(22(27)24-19-10-11-19)12-16-4-2-1-3-5-16/h1-9,19-20H,10-12,14-15H2,(H,24,27)(H,25,26). The molecule has 1 aliphatic rings. The lowest BCUT2D eigenvalue weighted by molar-refractivity contribution is -0.128.